The zero-order valence-corrected chi connectivity index (χ0v) is 7.42. The summed E-state index contributed by atoms with van der Waals surface area (Å²) in [6, 6.07) is 0. The second kappa shape index (κ2) is 6.38. The lowest BCUT2D eigenvalue weighted by Crippen LogP contribution is -2.11. The molecule has 0 aromatic heterocycles. The van der Waals surface area contributed by atoms with Crippen LogP contribution >= 0.6 is 0 Å². The highest BCUT2D eigenvalue weighted by Gasteiger charge is 2.04. The van der Waals surface area contributed by atoms with Crippen molar-refractivity contribution in [2.75, 3.05) is 7.11 Å². The number of aliphatic hydroxyl groups is 1. The van der Waals surface area contributed by atoms with Gasteiger partial charge in [0.1, 0.15) is 0 Å². The molecule has 0 aliphatic rings. The van der Waals surface area contributed by atoms with Crippen LogP contribution in [-0.2, 0) is 4.74 Å². The first-order valence-corrected chi connectivity index (χ1v) is 4.02. The maximum Gasteiger partial charge on any atom is 0.0575 e. The second-order valence-electron chi connectivity index (χ2n) is 2.80. The van der Waals surface area contributed by atoms with Crippen molar-refractivity contribution in [2.45, 2.75) is 38.4 Å². The summed E-state index contributed by atoms with van der Waals surface area (Å²) in [5.74, 6) is 0. The van der Waals surface area contributed by atoms with Gasteiger partial charge in [0.05, 0.1) is 12.2 Å². The van der Waals surface area contributed by atoms with Crippen LogP contribution in [0.3, 0.4) is 0 Å². The van der Waals surface area contributed by atoms with E-state index in [1.54, 1.807) is 13.2 Å². The van der Waals surface area contributed by atoms with Crippen molar-refractivity contribution in [3.05, 3.63) is 12.7 Å². The summed E-state index contributed by atoms with van der Waals surface area (Å²) in [7, 11) is 1.69. The summed E-state index contributed by atoms with van der Waals surface area (Å²) in [5, 5.41) is 9.27. The number of hydrogen-bond donors (Lipinski definition) is 1. The van der Waals surface area contributed by atoms with E-state index in [9.17, 15) is 5.11 Å². The third kappa shape index (κ3) is 6.07. The van der Waals surface area contributed by atoms with Crippen LogP contribution in [0.4, 0.5) is 0 Å². The molecule has 0 rings (SSSR count). The molecule has 2 unspecified atom stereocenters. The normalized spacial score (nSPS) is 15.9. The van der Waals surface area contributed by atoms with E-state index in [-0.39, 0.29) is 12.2 Å². The number of aliphatic hydroxyl groups excluding tert-OH is 1. The quantitative estimate of drug-likeness (QED) is 0.597. The predicted octanol–water partition coefficient (Wildman–Crippen LogP) is 1.74. The number of hydrogen-bond acceptors (Lipinski definition) is 2. The molecular formula is C9H18O2. The van der Waals surface area contributed by atoms with Crippen molar-refractivity contribution in [3.63, 3.8) is 0 Å². The van der Waals surface area contributed by atoms with E-state index in [0.29, 0.717) is 6.42 Å². The largest absolute Gasteiger partial charge is 0.393 e. The van der Waals surface area contributed by atoms with Crippen molar-refractivity contribution in [1.29, 1.82) is 0 Å². The van der Waals surface area contributed by atoms with Crippen LogP contribution in [0.25, 0.3) is 0 Å². The number of methoxy groups -OCH3 is 1. The first kappa shape index (κ1) is 10.7. The highest BCUT2D eigenvalue weighted by atomic mass is 16.5. The summed E-state index contributed by atoms with van der Waals surface area (Å²) < 4.78 is 5.04. The van der Waals surface area contributed by atoms with Gasteiger partial charge in [0, 0.05) is 7.11 Å². The van der Waals surface area contributed by atoms with E-state index in [2.05, 4.69) is 6.58 Å². The van der Waals surface area contributed by atoms with Gasteiger partial charge in [-0.05, 0) is 26.2 Å². The Hall–Kier alpha value is -0.340. The zero-order chi connectivity index (χ0) is 8.69. The summed E-state index contributed by atoms with van der Waals surface area (Å²) in [4.78, 5) is 0. The third-order valence-corrected chi connectivity index (χ3v) is 1.75. The van der Waals surface area contributed by atoms with Crippen molar-refractivity contribution in [3.8, 4) is 0 Å². The minimum atomic E-state index is -0.245. The maximum absolute atomic E-state index is 9.27. The highest BCUT2D eigenvalue weighted by Crippen LogP contribution is 2.06. The van der Waals surface area contributed by atoms with Crippen molar-refractivity contribution in [2.24, 2.45) is 0 Å². The number of ether oxygens (including phenoxy) is 1. The molecule has 1 N–H and O–H groups in total. The van der Waals surface area contributed by atoms with Gasteiger partial charge in [-0.25, -0.2) is 0 Å². The van der Waals surface area contributed by atoms with E-state index in [1.165, 1.54) is 0 Å². The Kier molecular flexibility index (Phi) is 6.18. The Balaban J connectivity index is 3.29. The molecule has 0 spiro atoms. The third-order valence-electron chi connectivity index (χ3n) is 1.75. The van der Waals surface area contributed by atoms with Crippen LogP contribution in [0.15, 0.2) is 12.7 Å². The molecule has 2 heteroatoms. The van der Waals surface area contributed by atoms with Gasteiger partial charge in [-0.2, -0.15) is 0 Å². The average Bonchev–Trinajstić information content (AvgIpc) is 2.01. The van der Waals surface area contributed by atoms with Gasteiger partial charge in [-0.3, -0.25) is 0 Å². The van der Waals surface area contributed by atoms with Gasteiger partial charge in [0.15, 0.2) is 0 Å². The highest BCUT2D eigenvalue weighted by molar-refractivity contribution is 4.72. The molecule has 2 atom stereocenters. The summed E-state index contributed by atoms with van der Waals surface area (Å²) in [6.45, 7) is 5.56. The Morgan fingerprint density at radius 2 is 2.18 bits per heavy atom. The van der Waals surface area contributed by atoms with Crippen LogP contribution in [0.1, 0.15) is 26.2 Å². The topological polar surface area (TPSA) is 29.5 Å². The fraction of sp³-hybridized carbons (Fsp3) is 0.778. The molecule has 0 aliphatic carbocycles. The smallest absolute Gasteiger partial charge is 0.0575 e. The molecule has 0 radical (unpaired) electrons. The number of rotatable bonds is 6. The Morgan fingerprint density at radius 1 is 1.55 bits per heavy atom. The lowest BCUT2D eigenvalue weighted by atomic mass is 10.1. The molecule has 0 aromatic carbocycles. The van der Waals surface area contributed by atoms with Crippen LogP contribution in [0, 0.1) is 0 Å². The van der Waals surface area contributed by atoms with E-state index in [4.69, 9.17) is 4.74 Å². The molecule has 0 aliphatic heterocycles. The Morgan fingerprint density at radius 3 is 2.64 bits per heavy atom. The summed E-state index contributed by atoms with van der Waals surface area (Å²) in [5.41, 5.74) is 0. The van der Waals surface area contributed by atoms with Gasteiger partial charge < -0.3 is 9.84 Å². The molecule has 0 saturated heterocycles. The summed E-state index contributed by atoms with van der Waals surface area (Å²) >= 11 is 0. The van der Waals surface area contributed by atoms with Crippen LogP contribution in [0.2, 0.25) is 0 Å². The Bertz CT molecular complexity index is 102. The van der Waals surface area contributed by atoms with Gasteiger partial charge in [0.25, 0.3) is 0 Å². The molecule has 0 fully saturated rings. The van der Waals surface area contributed by atoms with E-state index in [1.807, 2.05) is 6.92 Å². The molecular weight excluding hydrogens is 140 g/mol. The lowest BCUT2D eigenvalue weighted by molar-refractivity contribution is 0.0859. The minimum absolute atomic E-state index is 0.245. The molecule has 2 nitrogen and oxygen atoms in total. The standard InChI is InChI=1S/C9H18O2/c1-4-5-9(10)7-6-8(2)11-3/h4,8-10H,1,5-7H2,2-3H3. The van der Waals surface area contributed by atoms with E-state index in [0.717, 1.165) is 12.8 Å². The van der Waals surface area contributed by atoms with Crippen molar-refractivity contribution in [1.82, 2.24) is 0 Å². The van der Waals surface area contributed by atoms with Crippen LogP contribution in [0.5, 0.6) is 0 Å². The molecule has 0 saturated carbocycles. The molecule has 0 heterocycles. The first-order chi connectivity index (χ1) is 5.20. The zero-order valence-electron chi connectivity index (χ0n) is 7.42. The fourth-order valence-corrected chi connectivity index (χ4v) is 0.855. The van der Waals surface area contributed by atoms with Gasteiger partial charge in [-0.15, -0.1) is 6.58 Å². The van der Waals surface area contributed by atoms with Gasteiger partial charge in [-0.1, -0.05) is 6.08 Å². The SMILES string of the molecule is C=CCC(O)CCC(C)OC. The van der Waals surface area contributed by atoms with Crippen LogP contribution in [-0.4, -0.2) is 24.4 Å². The van der Waals surface area contributed by atoms with Crippen molar-refractivity contribution >= 4 is 0 Å². The molecule has 0 aromatic rings. The summed E-state index contributed by atoms with van der Waals surface area (Å²) in [6.07, 6.45) is 4.12. The monoisotopic (exact) mass is 158 g/mol. The van der Waals surface area contributed by atoms with E-state index >= 15 is 0 Å². The Labute approximate surface area is 68.9 Å². The van der Waals surface area contributed by atoms with Gasteiger partial charge in [0.2, 0.25) is 0 Å². The molecule has 66 valence electrons. The molecule has 0 bridgehead atoms. The second-order valence-corrected chi connectivity index (χ2v) is 2.80. The first-order valence-electron chi connectivity index (χ1n) is 4.02. The van der Waals surface area contributed by atoms with E-state index < -0.39 is 0 Å². The van der Waals surface area contributed by atoms with Crippen molar-refractivity contribution < 1.29 is 9.84 Å². The predicted molar refractivity (Wildman–Crippen MR) is 46.5 cm³/mol. The minimum Gasteiger partial charge on any atom is -0.393 e. The molecule has 11 heavy (non-hydrogen) atoms. The van der Waals surface area contributed by atoms with Crippen LogP contribution < -0.4 is 0 Å². The van der Waals surface area contributed by atoms with Gasteiger partial charge >= 0.3 is 0 Å². The lowest BCUT2D eigenvalue weighted by Gasteiger charge is -2.11. The molecule has 0 amide bonds. The fourth-order valence-electron chi connectivity index (χ4n) is 0.855. The average molecular weight is 158 g/mol. The maximum atomic E-state index is 9.27.